The number of aryl methyl sites for hydroxylation is 1. The van der Waals surface area contributed by atoms with Crippen molar-refractivity contribution in [2.75, 3.05) is 6.54 Å². The topological polar surface area (TPSA) is 62.1 Å². The molecular weight excluding hydrogens is 326 g/mol. The zero-order chi connectivity index (χ0) is 18.1. The standard InChI is InChI=1S/C21H25N3O2/c1-14(2)21-23-18-13-24(11-10-19(18)26-21)20(25)9-5-6-15-12-22-17-8-4-3-7-16(15)17/h3-4,7-8,12,14,22H,5-6,9-11,13H2,1-2H3. The maximum atomic E-state index is 12.6. The predicted molar refractivity (Wildman–Crippen MR) is 101 cm³/mol. The molecule has 5 nitrogen and oxygen atoms in total. The maximum absolute atomic E-state index is 12.6. The monoisotopic (exact) mass is 351 g/mol. The summed E-state index contributed by atoms with van der Waals surface area (Å²) in [6.07, 6.45) is 5.18. The number of aromatic nitrogens is 2. The van der Waals surface area contributed by atoms with E-state index in [1.165, 1.54) is 10.9 Å². The molecule has 0 bridgehead atoms. The molecule has 1 aromatic carbocycles. The summed E-state index contributed by atoms with van der Waals surface area (Å²) in [7, 11) is 0. The quantitative estimate of drug-likeness (QED) is 0.750. The van der Waals surface area contributed by atoms with Crippen molar-refractivity contribution in [1.29, 1.82) is 0 Å². The van der Waals surface area contributed by atoms with Gasteiger partial charge in [0.05, 0.1) is 6.54 Å². The first-order valence-electron chi connectivity index (χ1n) is 9.43. The minimum atomic E-state index is 0.213. The number of benzene rings is 1. The van der Waals surface area contributed by atoms with Crippen molar-refractivity contribution in [1.82, 2.24) is 14.9 Å². The summed E-state index contributed by atoms with van der Waals surface area (Å²) >= 11 is 0. The second-order valence-electron chi connectivity index (χ2n) is 7.36. The van der Waals surface area contributed by atoms with Gasteiger partial charge in [-0.05, 0) is 24.5 Å². The molecule has 3 aromatic rings. The van der Waals surface area contributed by atoms with Crippen LogP contribution in [0, 0.1) is 0 Å². The first-order chi connectivity index (χ1) is 12.6. The fourth-order valence-electron chi connectivity index (χ4n) is 3.60. The van der Waals surface area contributed by atoms with Gasteiger partial charge >= 0.3 is 0 Å². The van der Waals surface area contributed by atoms with Gasteiger partial charge in [-0.2, -0.15) is 0 Å². The Morgan fingerprint density at radius 1 is 1.35 bits per heavy atom. The summed E-state index contributed by atoms with van der Waals surface area (Å²) in [5, 5.41) is 1.26. The van der Waals surface area contributed by atoms with Crippen LogP contribution in [0.5, 0.6) is 0 Å². The lowest BCUT2D eigenvalue weighted by atomic mass is 10.1. The van der Waals surface area contributed by atoms with Gasteiger partial charge in [-0.3, -0.25) is 4.79 Å². The lowest BCUT2D eigenvalue weighted by molar-refractivity contribution is -0.132. The molecule has 1 N–H and O–H groups in total. The van der Waals surface area contributed by atoms with Crippen molar-refractivity contribution in [3.05, 3.63) is 53.4 Å². The van der Waals surface area contributed by atoms with E-state index in [0.717, 1.165) is 48.7 Å². The second-order valence-corrected chi connectivity index (χ2v) is 7.36. The molecule has 0 saturated heterocycles. The Morgan fingerprint density at radius 2 is 2.19 bits per heavy atom. The third kappa shape index (κ3) is 3.26. The summed E-state index contributed by atoms with van der Waals surface area (Å²) in [5.41, 5.74) is 3.38. The average Bonchev–Trinajstić information content (AvgIpc) is 3.25. The number of aromatic amines is 1. The first kappa shape index (κ1) is 16.9. The predicted octanol–water partition coefficient (Wildman–Crippen LogP) is 4.19. The fraction of sp³-hybridized carbons (Fsp3) is 0.429. The molecule has 1 aliphatic heterocycles. The third-order valence-corrected chi connectivity index (χ3v) is 5.10. The van der Waals surface area contributed by atoms with Crippen LogP contribution in [0.4, 0.5) is 0 Å². The van der Waals surface area contributed by atoms with Gasteiger partial charge < -0.3 is 14.3 Å². The molecule has 0 atom stereocenters. The number of amides is 1. The SMILES string of the molecule is CC(C)c1nc2c(o1)CCN(C(=O)CCCc1c[nH]c3ccccc13)C2. The van der Waals surface area contributed by atoms with Crippen LogP contribution in [0.15, 0.2) is 34.9 Å². The number of para-hydroxylation sites is 1. The number of carbonyl (C=O) groups excluding carboxylic acids is 1. The van der Waals surface area contributed by atoms with Crippen LogP contribution in [0.3, 0.4) is 0 Å². The number of H-pyrrole nitrogens is 1. The molecule has 0 radical (unpaired) electrons. The molecule has 136 valence electrons. The minimum Gasteiger partial charge on any atom is -0.445 e. The Bertz CT molecular complexity index is 922. The summed E-state index contributed by atoms with van der Waals surface area (Å²) in [6, 6.07) is 8.30. The number of hydrogen-bond donors (Lipinski definition) is 1. The number of oxazole rings is 1. The highest BCUT2D eigenvalue weighted by atomic mass is 16.4. The summed E-state index contributed by atoms with van der Waals surface area (Å²) < 4.78 is 5.81. The first-order valence-corrected chi connectivity index (χ1v) is 9.43. The molecule has 26 heavy (non-hydrogen) atoms. The largest absolute Gasteiger partial charge is 0.445 e. The summed E-state index contributed by atoms with van der Waals surface area (Å²) in [4.78, 5) is 22.4. The lowest BCUT2D eigenvalue weighted by Gasteiger charge is -2.25. The van der Waals surface area contributed by atoms with Crippen molar-refractivity contribution in [2.45, 2.75) is 52.0 Å². The van der Waals surface area contributed by atoms with Crippen LogP contribution in [-0.4, -0.2) is 27.3 Å². The van der Waals surface area contributed by atoms with E-state index in [0.29, 0.717) is 13.0 Å². The Labute approximate surface area is 153 Å². The molecule has 0 spiro atoms. The van der Waals surface area contributed by atoms with E-state index in [4.69, 9.17) is 4.42 Å². The molecule has 1 amide bonds. The summed E-state index contributed by atoms with van der Waals surface area (Å²) in [5.74, 6) is 2.23. The molecule has 0 fully saturated rings. The van der Waals surface area contributed by atoms with Crippen LogP contribution in [0.25, 0.3) is 10.9 Å². The molecule has 5 heteroatoms. The molecular formula is C21H25N3O2. The van der Waals surface area contributed by atoms with Gasteiger partial charge in [0.2, 0.25) is 5.91 Å². The molecule has 0 saturated carbocycles. The van der Waals surface area contributed by atoms with Crippen molar-refractivity contribution in [3.8, 4) is 0 Å². The van der Waals surface area contributed by atoms with Gasteiger partial charge in [0.15, 0.2) is 5.89 Å². The normalized spacial score (nSPS) is 14.2. The van der Waals surface area contributed by atoms with Crippen LogP contribution in [-0.2, 0) is 24.2 Å². The van der Waals surface area contributed by atoms with E-state index in [-0.39, 0.29) is 11.8 Å². The van der Waals surface area contributed by atoms with E-state index in [1.54, 1.807) is 0 Å². The Balaban J connectivity index is 1.34. The molecule has 0 unspecified atom stereocenters. The number of rotatable bonds is 5. The van der Waals surface area contributed by atoms with Crippen molar-refractivity contribution < 1.29 is 9.21 Å². The third-order valence-electron chi connectivity index (χ3n) is 5.10. The number of nitrogens with zero attached hydrogens (tertiary/aromatic N) is 2. The fourth-order valence-corrected chi connectivity index (χ4v) is 3.60. The smallest absolute Gasteiger partial charge is 0.222 e. The second kappa shape index (κ2) is 6.98. The highest BCUT2D eigenvalue weighted by molar-refractivity contribution is 5.83. The van der Waals surface area contributed by atoms with Gasteiger partial charge in [-0.1, -0.05) is 32.0 Å². The van der Waals surface area contributed by atoms with Gasteiger partial charge in [0.25, 0.3) is 0 Å². The van der Waals surface area contributed by atoms with Gasteiger partial charge in [0, 0.05) is 42.4 Å². The molecule has 1 aliphatic rings. The average molecular weight is 351 g/mol. The van der Waals surface area contributed by atoms with E-state index in [2.05, 4.69) is 48.2 Å². The Hall–Kier alpha value is -2.56. The Kier molecular flexibility index (Phi) is 4.53. The number of hydrogen-bond acceptors (Lipinski definition) is 3. The Morgan fingerprint density at radius 3 is 3.04 bits per heavy atom. The molecule has 4 rings (SSSR count). The van der Waals surface area contributed by atoms with Gasteiger partial charge in [-0.15, -0.1) is 0 Å². The zero-order valence-electron chi connectivity index (χ0n) is 15.4. The van der Waals surface area contributed by atoms with E-state index < -0.39 is 0 Å². The van der Waals surface area contributed by atoms with Crippen LogP contribution in [0.2, 0.25) is 0 Å². The van der Waals surface area contributed by atoms with E-state index in [9.17, 15) is 4.79 Å². The highest BCUT2D eigenvalue weighted by Crippen LogP contribution is 2.24. The van der Waals surface area contributed by atoms with Crippen molar-refractivity contribution >= 4 is 16.8 Å². The zero-order valence-corrected chi connectivity index (χ0v) is 15.4. The number of fused-ring (bicyclic) bond motifs is 2. The van der Waals surface area contributed by atoms with Crippen LogP contribution in [0.1, 0.15) is 55.5 Å². The summed E-state index contributed by atoms with van der Waals surface area (Å²) in [6.45, 7) is 5.46. The lowest BCUT2D eigenvalue weighted by Crippen LogP contribution is -2.35. The van der Waals surface area contributed by atoms with Gasteiger partial charge in [-0.25, -0.2) is 4.98 Å². The molecule has 2 aromatic heterocycles. The van der Waals surface area contributed by atoms with Crippen LogP contribution >= 0.6 is 0 Å². The molecule has 3 heterocycles. The number of nitrogens with one attached hydrogen (secondary N) is 1. The van der Waals surface area contributed by atoms with Crippen molar-refractivity contribution in [3.63, 3.8) is 0 Å². The number of carbonyl (C=O) groups is 1. The minimum absolute atomic E-state index is 0.213. The maximum Gasteiger partial charge on any atom is 0.222 e. The van der Waals surface area contributed by atoms with E-state index >= 15 is 0 Å². The van der Waals surface area contributed by atoms with Gasteiger partial charge in [0.1, 0.15) is 11.5 Å². The molecule has 0 aliphatic carbocycles. The highest BCUT2D eigenvalue weighted by Gasteiger charge is 2.25. The van der Waals surface area contributed by atoms with E-state index in [1.807, 2.05) is 11.0 Å². The van der Waals surface area contributed by atoms with Crippen LogP contribution < -0.4 is 0 Å². The van der Waals surface area contributed by atoms with Crippen molar-refractivity contribution in [2.24, 2.45) is 0 Å².